The zero-order valence-electron chi connectivity index (χ0n) is 7.05. The summed E-state index contributed by atoms with van der Waals surface area (Å²) < 4.78 is 36.7. The Balaban J connectivity index is 3.49. The molecule has 0 fully saturated rings. The van der Waals surface area contributed by atoms with E-state index in [-0.39, 0.29) is 5.69 Å². The molecule has 0 radical (unpaired) electrons. The molecule has 1 N–H and O–H groups in total. The van der Waals surface area contributed by atoms with Crippen LogP contribution in [0.3, 0.4) is 0 Å². The van der Waals surface area contributed by atoms with Crippen molar-refractivity contribution in [2.75, 3.05) is 0 Å². The maximum Gasteiger partial charge on any atom is 0.419 e. The highest BCUT2D eigenvalue weighted by molar-refractivity contribution is 5.50. The number of aryl methyl sites for hydroxylation is 1. The van der Waals surface area contributed by atoms with E-state index in [2.05, 4.69) is 4.98 Å². The lowest BCUT2D eigenvalue weighted by molar-refractivity contribution is -0.138. The van der Waals surface area contributed by atoms with Crippen molar-refractivity contribution >= 4 is 0 Å². The molecule has 0 saturated carbocycles. The predicted octanol–water partition coefficient (Wildman–Crippen LogP) is 1.99. The van der Waals surface area contributed by atoms with Crippen molar-refractivity contribution in [1.82, 2.24) is 4.98 Å². The molecular weight excluding hydrogens is 197 g/mol. The Labute approximate surface area is 77.4 Å². The second-order valence-corrected chi connectivity index (χ2v) is 2.59. The smallest absolute Gasteiger partial charge is 0.419 e. The van der Waals surface area contributed by atoms with E-state index in [0.717, 1.165) is 0 Å². The van der Waals surface area contributed by atoms with Gasteiger partial charge in [0.25, 0.3) is 0 Å². The molecule has 0 unspecified atom stereocenters. The van der Waals surface area contributed by atoms with Crippen LogP contribution in [0.4, 0.5) is 13.2 Å². The fraction of sp³-hybridized carbons (Fsp3) is 0.250. The monoisotopic (exact) mass is 202 g/mol. The Bertz CT molecular complexity index is 406. The molecule has 14 heavy (non-hydrogen) atoms. The first kappa shape index (κ1) is 10.3. The minimum absolute atomic E-state index is 0.00505. The first-order valence-corrected chi connectivity index (χ1v) is 3.53. The van der Waals surface area contributed by atoms with E-state index >= 15 is 0 Å². The fourth-order valence-corrected chi connectivity index (χ4v) is 0.924. The summed E-state index contributed by atoms with van der Waals surface area (Å²) in [7, 11) is 0. The lowest BCUT2D eigenvalue weighted by Gasteiger charge is -2.09. The van der Waals surface area contributed by atoms with Gasteiger partial charge >= 0.3 is 6.18 Å². The Morgan fingerprint density at radius 1 is 1.50 bits per heavy atom. The molecule has 0 bridgehead atoms. The van der Waals surface area contributed by atoms with Gasteiger partial charge in [0, 0.05) is 6.20 Å². The number of rotatable bonds is 0. The largest absolute Gasteiger partial charge is 0.505 e. The number of nitriles is 1. The summed E-state index contributed by atoms with van der Waals surface area (Å²) in [6.07, 6.45) is -4.14. The normalized spacial score (nSPS) is 11.1. The number of hydrogen-bond acceptors (Lipinski definition) is 3. The van der Waals surface area contributed by atoms with Gasteiger partial charge in [0.2, 0.25) is 0 Å². The van der Waals surface area contributed by atoms with Gasteiger partial charge in [0.1, 0.15) is 11.6 Å². The minimum Gasteiger partial charge on any atom is -0.505 e. The lowest BCUT2D eigenvalue weighted by atomic mass is 10.1. The van der Waals surface area contributed by atoms with Crippen molar-refractivity contribution in [3.8, 4) is 11.8 Å². The summed E-state index contributed by atoms with van der Waals surface area (Å²) in [5, 5.41) is 17.6. The molecule has 3 nitrogen and oxygen atoms in total. The van der Waals surface area contributed by atoms with Crippen LogP contribution in [-0.4, -0.2) is 10.1 Å². The van der Waals surface area contributed by atoms with Crippen LogP contribution in [-0.2, 0) is 6.18 Å². The average Bonchev–Trinajstić information content (AvgIpc) is 2.07. The highest BCUT2D eigenvalue weighted by Crippen LogP contribution is 2.35. The number of alkyl halides is 3. The highest BCUT2D eigenvalue weighted by Gasteiger charge is 2.35. The molecular formula is C8H5F3N2O. The van der Waals surface area contributed by atoms with Crippen LogP contribution in [0.15, 0.2) is 6.20 Å². The van der Waals surface area contributed by atoms with Gasteiger partial charge in [-0.25, -0.2) is 0 Å². The third-order valence-corrected chi connectivity index (χ3v) is 1.65. The topological polar surface area (TPSA) is 56.9 Å². The molecule has 0 saturated heterocycles. The van der Waals surface area contributed by atoms with E-state index in [4.69, 9.17) is 10.4 Å². The maximum absolute atomic E-state index is 12.2. The Morgan fingerprint density at radius 3 is 2.50 bits per heavy atom. The van der Waals surface area contributed by atoms with Crippen molar-refractivity contribution < 1.29 is 18.3 Å². The number of pyridine rings is 1. The third kappa shape index (κ3) is 1.62. The van der Waals surface area contributed by atoms with Gasteiger partial charge in [-0.05, 0) is 6.92 Å². The van der Waals surface area contributed by atoms with Gasteiger partial charge in [0.15, 0.2) is 5.75 Å². The molecule has 0 aromatic carbocycles. The SMILES string of the molecule is Cc1ncc(C(F)(F)F)c(C#N)c1O. The third-order valence-electron chi connectivity index (χ3n) is 1.65. The van der Waals surface area contributed by atoms with Gasteiger partial charge in [-0.3, -0.25) is 4.98 Å². The fourth-order valence-electron chi connectivity index (χ4n) is 0.924. The van der Waals surface area contributed by atoms with Gasteiger partial charge in [-0.2, -0.15) is 18.4 Å². The zero-order valence-corrected chi connectivity index (χ0v) is 7.05. The van der Waals surface area contributed by atoms with E-state index in [1.54, 1.807) is 0 Å². The summed E-state index contributed by atoms with van der Waals surface area (Å²) in [6.45, 7) is 1.32. The van der Waals surface area contributed by atoms with Crippen LogP contribution in [0.1, 0.15) is 16.8 Å². The molecule has 1 aromatic heterocycles. The van der Waals surface area contributed by atoms with Gasteiger partial charge in [-0.1, -0.05) is 0 Å². The van der Waals surface area contributed by atoms with Crippen LogP contribution in [0.2, 0.25) is 0 Å². The number of nitrogens with zero attached hydrogens (tertiary/aromatic N) is 2. The zero-order chi connectivity index (χ0) is 10.9. The summed E-state index contributed by atoms with van der Waals surface area (Å²) >= 11 is 0. The molecule has 1 rings (SSSR count). The van der Waals surface area contributed by atoms with Crippen LogP contribution < -0.4 is 0 Å². The quantitative estimate of drug-likeness (QED) is 0.699. The Kier molecular flexibility index (Phi) is 2.34. The van der Waals surface area contributed by atoms with Crippen molar-refractivity contribution in [1.29, 1.82) is 5.26 Å². The standard InChI is InChI=1S/C8H5F3N2O/c1-4-7(14)5(2-12)6(3-13-4)8(9,10)11/h3,14H,1H3. The van der Waals surface area contributed by atoms with E-state index in [1.807, 2.05) is 0 Å². The summed E-state index contributed by atoms with van der Waals surface area (Å²) in [5.74, 6) is -0.720. The van der Waals surface area contributed by atoms with Crippen molar-refractivity contribution in [3.05, 3.63) is 23.0 Å². The first-order valence-electron chi connectivity index (χ1n) is 3.53. The Hall–Kier alpha value is -1.77. The van der Waals surface area contributed by atoms with Crippen LogP contribution in [0.5, 0.6) is 5.75 Å². The van der Waals surface area contributed by atoms with Crippen LogP contribution in [0.25, 0.3) is 0 Å². The predicted molar refractivity (Wildman–Crippen MR) is 40.4 cm³/mol. The summed E-state index contributed by atoms with van der Waals surface area (Å²) in [6, 6.07) is 1.30. The van der Waals surface area contributed by atoms with Crippen LogP contribution in [0, 0.1) is 18.3 Å². The molecule has 0 aliphatic rings. The molecule has 6 heteroatoms. The summed E-state index contributed by atoms with van der Waals surface area (Å²) in [5.41, 5.74) is -2.01. The molecule has 0 aliphatic heterocycles. The van der Waals surface area contributed by atoms with E-state index in [1.165, 1.54) is 13.0 Å². The molecule has 0 spiro atoms. The molecule has 0 atom stereocenters. The Morgan fingerprint density at radius 2 is 2.07 bits per heavy atom. The average molecular weight is 202 g/mol. The van der Waals surface area contributed by atoms with Crippen molar-refractivity contribution in [2.24, 2.45) is 0 Å². The van der Waals surface area contributed by atoms with E-state index in [9.17, 15) is 13.2 Å². The maximum atomic E-state index is 12.2. The van der Waals surface area contributed by atoms with Gasteiger partial charge in [0.05, 0.1) is 11.3 Å². The number of aromatic hydroxyl groups is 1. The van der Waals surface area contributed by atoms with Crippen molar-refractivity contribution in [2.45, 2.75) is 13.1 Å². The summed E-state index contributed by atoms with van der Waals surface area (Å²) in [4.78, 5) is 3.33. The van der Waals surface area contributed by atoms with E-state index in [0.29, 0.717) is 6.20 Å². The lowest BCUT2D eigenvalue weighted by Crippen LogP contribution is -2.09. The second-order valence-electron chi connectivity index (χ2n) is 2.59. The number of halogens is 3. The molecule has 1 aromatic rings. The number of aromatic nitrogens is 1. The second kappa shape index (κ2) is 3.18. The van der Waals surface area contributed by atoms with Gasteiger partial charge < -0.3 is 5.11 Å². The molecule has 0 aliphatic carbocycles. The molecule has 0 amide bonds. The van der Waals surface area contributed by atoms with Gasteiger partial charge in [-0.15, -0.1) is 0 Å². The first-order chi connectivity index (χ1) is 6.38. The number of hydrogen-bond donors (Lipinski definition) is 1. The molecule has 74 valence electrons. The van der Waals surface area contributed by atoms with Crippen molar-refractivity contribution in [3.63, 3.8) is 0 Å². The molecule has 1 heterocycles. The minimum atomic E-state index is -4.68. The van der Waals surface area contributed by atoms with E-state index < -0.39 is 23.1 Å². The van der Waals surface area contributed by atoms with Crippen LogP contribution >= 0.6 is 0 Å². The highest BCUT2D eigenvalue weighted by atomic mass is 19.4.